The summed E-state index contributed by atoms with van der Waals surface area (Å²) in [5, 5.41) is 2.73. The maximum absolute atomic E-state index is 13.4. The average Bonchev–Trinajstić information content (AvgIpc) is 2.77. The van der Waals surface area contributed by atoms with E-state index in [0.717, 1.165) is 11.3 Å². The Morgan fingerprint density at radius 1 is 1.12 bits per heavy atom. The number of anilines is 2. The van der Waals surface area contributed by atoms with Crippen molar-refractivity contribution >= 4 is 23.2 Å². The highest BCUT2D eigenvalue weighted by molar-refractivity contribution is 6.05. The summed E-state index contributed by atoms with van der Waals surface area (Å²) in [6.07, 6.45) is -0.670. The third-order valence-corrected chi connectivity index (χ3v) is 5.12. The summed E-state index contributed by atoms with van der Waals surface area (Å²) in [5.41, 5.74) is 2.44. The fourth-order valence-corrected chi connectivity index (χ4v) is 3.44. The number of fused-ring (bicyclic) bond motifs is 1. The molecule has 32 heavy (non-hydrogen) atoms. The number of rotatable bonds is 6. The van der Waals surface area contributed by atoms with Crippen LogP contribution in [-0.2, 0) is 4.79 Å². The largest absolute Gasteiger partial charge is 0.492 e. The van der Waals surface area contributed by atoms with Gasteiger partial charge in [0.2, 0.25) is 0 Å². The number of carbonyl (C=O) groups excluding carboxylic acids is 2. The lowest BCUT2D eigenvalue weighted by atomic mass is 10.1. The molecule has 0 bridgehead atoms. The minimum Gasteiger partial charge on any atom is -0.492 e. The zero-order chi connectivity index (χ0) is 22.7. The van der Waals surface area contributed by atoms with E-state index < -0.39 is 17.8 Å². The van der Waals surface area contributed by atoms with Crippen LogP contribution in [0.5, 0.6) is 11.5 Å². The zero-order valence-corrected chi connectivity index (χ0v) is 17.8. The molecular weight excluding hydrogens is 411 g/mol. The molecule has 1 N–H and O–H groups in total. The van der Waals surface area contributed by atoms with E-state index in [0.29, 0.717) is 30.3 Å². The van der Waals surface area contributed by atoms with Crippen LogP contribution in [0.2, 0.25) is 0 Å². The molecule has 7 heteroatoms. The molecular formula is C25H23FN2O4. The van der Waals surface area contributed by atoms with Crippen molar-refractivity contribution in [3.8, 4) is 11.5 Å². The summed E-state index contributed by atoms with van der Waals surface area (Å²) in [4.78, 5) is 26.7. The highest BCUT2D eigenvalue weighted by atomic mass is 19.1. The van der Waals surface area contributed by atoms with E-state index in [4.69, 9.17) is 9.47 Å². The molecule has 1 heterocycles. The molecule has 3 aromatic carbocycles. The van der Waals surface area contributed by atoms with E-state index in [-0.39, 0.29) is 11.5 Å². The van der Waals surface area contributed by atoms with E-state index in [1.807, 2.05) is 31.2 Å². The first-order valence-electron chi connectivity index (χ1n) is 10.3. The molecule has 2 amide bonds. The maximum atomic E-state index is 13.4. The predicted molar refractivity (Wildman–Crippen MR) is 120 cm³/mol. The Morgan fingerprint density at radius 2 is 1.91 bits per heavy atom. The van der Waals surface area contributed by atoms with Crippen LogP contribution < -0.4 is 19.7 Å². The van der Waals surface area contributed by atoms with Crippen molar-refractivity contribution in [3.63, 3.8) is 0 Å². The van der Waals surface area contributed by atoms with E-state index in [1.165, 1.54) is 24.3 Å². The molecule has 0 spiro atoms. The Labute approximate surface area is 185 Å². The Hall–Kier alpha value is -3.87. The lowest BCUT2D eigenvalue weighted by molar-refractivity contribution is -0.125. The molecule has 0 saturated carbocycles. The van der Waals surface area contributed by atoms with Gasteiger partial charge in [-0.2, -0.15) is 0 Å². The van der Waals surface area contributed by atoms with Gasteiger partial charge in [-0.15, -0.1) is 0 Å². The van der Waals surface area contributed by atoms with Gasteiger partial charge in [-0.05, 0) is 56.3 Å². The number of ether oxygens (including phenoxy) is 2. The summed E-state index contributed by atoms with van der Waals surface area (Å²) >= 11 is 0. The van der Waals surface area contributed by atoms with Crippen LogP contribution in [0.15, 0.2) is 66.7 Å². The summed E-state index contributed by atoms with van der Waals surface area (Å²) in [5.74, 6) is 0.126. The molecule has 0 fully saturated rings. The first-order chi connectivity index (χ1) is 15.4. The van der Waals surface area contributed by atoms with Crippen molar-refractivity contribution in [2.75, 3.05) is 23.4 Å². The topological polar surface area (TPSA) is 67.9 Å². The molecule has 0 radical (unpaired) electrons. The zero-order valence-electron chi connectivity index (χ0n) is 17.8. The van der Waals surface area contributed by atoms with Crippen LogP contribution >= 0.6 is 0 Å². The van der Waals surface area contributed by atoms with Crippen LogP contribution in [-0.4, -0.2) is 31.1 Å². The van der Waals surface area contributed by atoms with Crippen LogP contribution in [0.4, 0.5) is 15.8 Å². The second kappa shape index (κ2) is 9.09. The van der Waals surface area contributed by atoms with Gasteiger partial charge in [0.1, 0.15) is 23.9 Å². The standard InChI is InChI=1S/C25H23FN2O4/c1-16-6-9-21(10-7-16)31-13-12-28-22-11-8-20(15-23(22)32-17(2)25(28)30)27-24(29)18-4-3-5-19(26)14-18/h3-11,14-15,17H,12-13H2,1-2H3,(H,27,29). The number of nitrogens with zero attached hydrogens (tertiary/aromatic N) is 1. The van der Waals surface area contributed by atoms with E-state index in [2.05, 4.69) is 5.32 Å². The molecule has 1 unspecified atom stereocenters. The van der Waals surface area contributed by atoms with E-state index in [1.54, 1.807) is 30.0 Å². The van der Waals surface area contributed by atoms with Gasteiger partial charge in [-0.3, -0.25) is 9.59 Å². The highest BCUT2D eigenvalue weighted by Crippen LogP contribution is 2.36. The lowest BCUT2D eigenvalue weighted by Gasteiger charge is -2.33. The van der Waals surface area contributed by atoms with Crippen molar-refractivity contribution in [2.24, 2.45) is 0 Å². The van der Waals surface area contributed by atoms with Gasteiger partial charge in [-0.25, -0.2) is 4.39 Å². The molecule has 0 aliphatic carbocycles. The summed E-state index contributed by atoms with van der Waals surface area (Å²) in [6, 6.07) is 18.2. The smallest absolute Gasteiger partial charge is 0.267 e. The molecule has 3 aromatic rings. The quantitative estimate of drug-likeness (QED) is 0.617. The fourth-order valence-electron chi connectivity index (χ4n) is 3.44. The summed E-state index contributed by atoms with van der Waals surface area (Å²) < 4.78 is 24.9. The molecule has 4 rings (SSSR count). The minimum atomic E-state index is -0.670. The van der Waals surface area contributed by atoms with Gasteiger partial charge in [-0.1, -0.05) is 23.8 Å². The number of aryl methyl sites for hydroxylation is 1. The summed E-state index contributed by atoms with van der Waals surface area (Å²) in [7, 11) is 0. The van der Waals surface area contributed by atoms with Crippen LogP contribution in [0.25, 0.3) is 0 Å². The highest BCUT2D eigenvalue weighted by Gasteiger charge is 2.31. The Kier molecular flexibility index (Phi) is 6.07. The molecule has 1 aliphatic rings. The Balaban J connectivity index is 1.47. The first kappa shape index (κ1) is 21.4. The number of benzene rings is 3. The first-order valence-corrected chi connectivity index (χ1v) is 10.3. The number of amides is 2. The van der Waals surface area contributed by atoms with Crippen molar-refractivity contribution in [3.05, 3.63) is 83.7 Å². The number of hydrogen-bond donors (Lipinski definition) is 1. The van der Waals surface area contributed by atoms with Gasteiger partial charge < -0.3 is 19.7 Å². The third-order valence-electron chi connectivity index (χ3n) is 5.12. The molecule has 164 valence electrons. The predicted octanol–water partition coefficient (Wildman–Crippen LogP) is 4.58. The number of nitrogens with one attached hydrogen (secondary N) is 1. The van der Waals surface area contributed by atoms with E-state index in [9.17, 15) is 14.0 Å². The molecule has 1 atom stereocenters. The fraction of sp³-hybridized carbons (Fsp3) is 0.200. The van der Waals surface area contributed by atoms with Crippen LogP contribution in [0.3, 0.4) is 0 Å². The van der Waals surface area contributed by atoms with Crippen molar-refractivity contribution < 1.29 is 23.5 Å². The lowest BCUT2D eigenvalue weighted by Crippen LogP contribution is -2.46. The molecule has 0 aromatic heterocycles. The normalized spacial score (nSPS) is 15.0. The second-order valence-electron chi connectivity index (χ2n) is 7.56. The van der Waals surface area contributed by atoms with Crippen molar-refractivity contribution in [1.82, 2.24) is 0 Å². The van der Waals surface area contributed by atoms with Crippen molar-refractivity contribution in [2.45, 2.75) is 20.0 Å². The molecule has 0 saturated heterocycles. The number of halogens is 1. The average molecular weight is 434 g/mol. The number of hydrogen-bond acceptors (Lipinski definition) is 4. The second-order valence-corrected chi connectivity index (χ2v) is 7.56. The summed E-state index contributed by atoms with van der Waals surface area (Å²) in [6.45, 7) is 4.35. The Morgan fingerprint density at radius 3 is 2.66 bits per heavy atom. The Bertz CT molecular complexity index is 1150. The van der Waals surface area contributed by atoms with E-state index >= 15 is 0 Å². The SMILES string of the molecule is Cc1ccc(OCCN2C(=O)C(C)Oc3cc(NC(=O)c4cccc(F)c4)ccc32)cc1. The third kappa shape index (κ3) is 4.72. The van der Waals surface area contributed by atoms with Gasteiger partial charge in [0.25, 0.3) is 11.8 Å². The maximum Gasteiger partial charge on any atom is 0.267 e. The van der Waals surface area contributed by atoms with Gasteiger partial charge in [0.05, 0.1) is 12.2 Å². The van der Waals surface area contributed by atoms with Crippen LogP contribution in [0.1, 0.15) is 22.8 Å². The van der Waals surface area contributed by atoms with Crippen LogP contribution in [0, 0.1) is 12.7 Å². The monoisotopic (exact) mass is 434 g/mol. The molecule has 1 aliphatic heterocycles. The van der Waals surface area contributed by atoms with Gasteiger partial charge in [0.15, 0.2) is 6.10 Å². The molecule has 6 nitrogen and oxygen atoms in total. The minimum absolute atomic E-state index is 0.165. The number of carbonyl (C=O) groups is 2. The van der Waals surface area contributed by atoms with Gasteiger partial charge in [0, 0.05) is 17.3 Å². The van der Waals surface area contributed by atoms with Crippen molar-refractivity contribution in [1.29, 1.82) is 0 Å². The van der Waals surface area contributed by atoms with Gasteiger partial charge >= 0.3 is 0 Å².